The lowest BCUT2D eigenvalue weighted by atomic mass is 10.1. The van der Waals surface area contributed by atoms with Crippen LogP contribution in [-0.4, -0.2) is 50.0 Å². The number of rotatable bonds is 5. The Balaban J connectivity index is 1.34. The normalized spacial score (nSPS) is 18.8. The number of aryl methyl sites for hydroxylation is 1. The van der Waals surface area contributed by atoms with Gasteiger partial charge in [0.1, 0.15) is 23.7 Å². The van der Waals surface area contributed by atoms with Crippen LogP contribution >= 0.6 is 0 Å². The molecule has 35 heavy (non-hydrogen) atoms. The van der Waals surface area contributed by atoms with Crippen LogP contribution in [0.5, 0.6) is 5.75 Å². The fourth-order valence-electron chi connectivity index (χ4n) is 4.64. The van der Waals surface area contributed by atoms with Crippen LogP contribution in [0.15, 0.2) is 47.7 Å². The Hall–Kier alpha value is -3.63. The van der Waals surface area contributed by atoms with E-state index in [1.165, 1.54) is 34.0 Å². The second kappa shape index (κ2) is 7.96. The van der Waals surface area contributed by atoms with Gasteiger partial charge in [0.25, 0.3) is 11.5 Å². The van der Waals surface area contributed by atoms with Crippen molar-refractivity contribution in [2.75, 3.05) is 13.2 Å². The highest BCUT2D eigenvalue weighted by Gasteiger charge is 2.64. The monoisotopic (exact) mass is 490 g/mol. The Kier molecular flexibility index (Phi) is 5.26. The SMILES string of the molecule is Cc1cn(-c2ccc3n(c2=O)CCN([C@@H](C)COc2cccc4c2C(F)(F)C(F)(F)C4)C3=O)cn1. The summed E-state index contributed by atoms with van der Waals surface area (Å²) in [4.78, 5) is 31.7. The summed E-state index contributed by atoms with van der Waals surface area (Å²) in [6, 6.07) is 6.41. The highest BCUT2D eigenvalue weighted by atomic mass is 19.3. The number of fused-ring (bicyclic) bond motifs is 2. The number of aromatic nitrogens is 3. The number of nitrogens with zero attached hydrogens (tertiary/aromatic N) is 4. The van der Waals surface area contributed by atoms with E-state index >= 15 is 0 Å². The van der Waals surface area contributed by atoms with Gasteiger partial charge in [-0.05, 0) is 37.6 Å². The summed E-state index contributed by atoms with van der Waals surface area (Å²) in [5.74, 6) is -9.26. The van der Waals surface area contributed by atoms with Gasteiger partial charge in [-0.3, -0.25) is 9.59 Å². The molecule has 1 aliphatic carbocycles. The van der Waals surface area contributed by atoms with Crippen LogP contribution in [0.2, 0.25) is 0 Å². The zero-order valence-electron chi connectivity index (χ0n) is 19.0. The van der Waals surface area contributed by atoms with Crippen molar-refractivity contribution < 1.29 is 27.1 Å². The average molecular weight is 490 g/mol. The van der Waals surface area contributed by atoms with E-state index in [9.17, 15) is 27.2 Å². The van der Waals surface area contributed by atoms with E-state index in [1.807, 2.05) is 0 Å². The molecule has 1 amide bonds. The molecule has 2 aliphatic rings. The molecule has 0 fully saturated rings. The third kappa shape index (κ3) is 3.60. The highest BCUT2D eigenvalue weighted by Crippen LogP contribution is 2.54. The second-order valence-corrected chi connectivity index (χ2v) is 8.89. The maximum atomic E-state index is 14.3. The first kappa shape index (κ1) is 23.1. The lowest BCUT2D eigenvalue weighted by molar-refractivity contribution is -0.203. The van der Waals surface area contributed by atoms with Gasteiger partial charge >= 0.3 is 11.8 Å². The van der Waals surface area contributed by atoms with Crippen LogP contribution in [0.1, 0.15) is 34.2 Å². The summed E-state index contributed by atoms with van der Waals surface area (Å²) in [5.41, 5.74) is 0.00869. The first-order valence-electron chi connectivity index (χ1n) is 11.1. The molecule has 3 aromatic rings. The van der Waals surface area contributed by atoms with Crippen molar-refractivity contribution >= 4 is 5.91 Å². The van der Waals surface area contributed by atoms with Crippen LogP contribution in [-0.2, 0) is 18.9 Å². The van der Waals surface area contributed by atoms with Gasteiger partial charge in [0.05, 0.1) is 23.6 Å². The molecule has 11 heteroatoms. The number of hydrogen-bond donors (Lipinski definition) is 0. The molecule has 0 saturated carbocycles. The average Bonchev–Trinajstić information content (AvgIpc) is 3.30. The fourth-order valence-corrected chi connectivity index (χ4v) is 4.64. The number of hydrogen-bond acceptors (Lipinski definition) is 4. The van der Waals surface area contributed by atoms with Crippen LogP contribution in [0, 0.1) is 6.92 Å². The minimum Gasteiger partial charge on any atom is -0.491 e. The molecule has 184 valence electrons. The zero-order valence-corrected chi connectivity index (χ0v) is 19.0. The smallest absolute Gasteiger partial charge is 0.339 e. The fraction of sp³-hybridized carbons (Fsp3) is 0.375. The number of carbonyl (C=O) groups excluding carboxylic acids is 1. The standard InChI is InChI=1S/C24H22F4N4O3/c1-14-11-30(13-29-14)17-6-7-18-22(34)31(8-9-32(18)21(17)33)15(2)12-35-19-5-3-4-16-10-23(25,26)24(27,28)20(16)19/h3-7,11,13,15H,8-10,12H2,1-2H3/t15-/m0/s1. The molecular formula is C24H22F4N4O3. The van der Waals surface area contributed by atoms with Crippen LogP contribution in [0.4, 0.5) is 17.6 Å². The van der Waals surface area contributed by atoms with Crippen molar-refractivity contribution in [3.05, 3.63) is 75.7 Å². The molecular weight excluding hydrogens is 468 g/mol. The summed E-state index contributed by atoms with van der Waals surface area (Å²) in [7, 11) is 0. The first-order chi connectivity index (χ1) is 16.5. The number of imidazole rings is 1. The predicted octanol–water partition coefficient (Wildman–Crippen LogP) is 3.55. The van der Waals surface area contributed by atoms with Crippen molar-refractivity contribution in [1.29, 1.82) is 0 Å². The van der Waals surface area contributed by atoms with Crippen molar-refractivity contribution in [3.63, 3.8) is 0 Å². The van der Waals surface area contributed by atoms with Gasteiger partial charge in [-0.15, -0.1) is 0 Å². The minimum atomic E-state index is -4.34. The number of pyridine rings is 1. The van der Waals surface area contributed by atoms with Gasteiger partial charge in [-0.2, -0.15) is 17.6 Å². The number of alkyl halides is 4. The summed E-state index contributed by atoms with van der Waals surface area (Å²) >= 11 is 0. The number of benzene rings is 1. The lowest BCUT2D eigenvalue weighted by Gasteiger charge is -2.34. The molecule has 0 radical (unpaired) electrons. The first-order valence-corrected chi connectivity index (χ1v) is 11.1. The largest absolute Gasteiger partial charge is 0.491 e. The van der Waals surface area contributed by atoms with E-state index in [1.54, 1.807) is 36.7 Å². The number of carbonyl (C=O) groups is 1. The third-order valence-corrected chi connectivity index (χ3v) is 6.50. The van der Waals surface area contributed by atoms with Gasteiger partial charge in [0.15, 0.2) is 0 Å². The summed E-state index contributed by atoms with van der Waals surface area (Å²) in [6.07, 6.45) is 2.17. The minimum absolute atomic E-state index is 0.156. The van der Waals surface area contributed by atoms with E-state index in [4.69, 9.17) is 4.74 Å². The van der Waals surface area contributed by atoms with E-state index in [2.05, 4.69) is 4.98 Å². The molecule has 0 N–H and O–H groups in total. The van der Waals surface area contributed by atoms with E-state index in [-0.39, 0.29) is 42.3 Å². The molecule has 0 spiro atoms. The molecule has 5 rings (SSSR count). The van der Waals surface area contributed by atoms with E-state index in [0.29, 0.717) is 5.69 Å². The Bertz CT molecular complexity index is 1380. The van der Waals surface area contributed by atoms with Crippen LogP contribution < -0.4 is 10.3 Å². The Morgan fingerprint density at radius 1 is 1.11 bits per heavy atom. The summed E-state index contributed by atoms with van der Waals surface area (Å²) in [5, 5.41) is 0. The van der Waals surface area contributed by atoms with Crippen LogP contribution in [0.3, 0.4) is 0 Å². The number of halogens is 4. The second-order valence-electron chi connectivity index (χ2n) is 8.89. The summed E-state index contributed by atoms with van der Waals surface area (Å²) in [6.45, 7) is 3.72. The van der Waals surface area contributed by atoms with Gasteiger partial charge in [-0.25, -0.2) is 4.98 Å². The Labute approximate surface area is 197 Å². The highest BCUT2D eigenvalue weighted by molar-refractivity contribution is 5.93. The van der Waals surface area contributed by atoms with Gasteiger partial charge < -0.3 is 18.8 Å². The van der Waals surface area contributed by atoms with E-state index in [0.717, 1.165) is 5.69 Å². The van der Waals surface area contributed by atoms with Gasteiger partial charge in [0.2, 0.25) is 0 Å². The Morgan fingerprint density at radius 2 is 1.89 bits per heavy atom. The van der Waals surface area contributed by atoms with Crippen LogP contribution in [0.25, 0.3) is 5.69 Å². The molecule has 2 aromatic heterocycles. The maximum Gasteiger partial charge on any atom is 0.339 e. The molecule has 0 saturated heterocycles. The van der Waals surface area contributed by atoms with Gasteiger partial charge in [-0.1, -0.05) is 12.1 Å². The molecule has 1 atom stereocenters. The maximum absolute atomic E-state index is 14.3. The lowest BCUT2D eigenvalue weighted by Crippen LogP contribution is -2.50. The molecule has 3 heterocycles. The molecule has 1 aromatic carbocycles. The predicted molar refractivity (Wildman–Crippen MR) is 118 cm³/mol. The van der Waals surface area contributed by atoms with Crippen molar-refractivity contribution in [3.8, 4) is 11.4 Å². The molecule has 0 bridgehead atoms. The number of ether oxygens (including phenoxy) is 1. The Morgan fingerprint density at radius 3 is 2.60 bits per heavy atom. The molecule has 1 aliphatic heterocycles. The number of amides is 1. The third-order valence-electron chi connectivity index (χ3n) is 6.50. The van der Waals surface area contributed by atoms with Gasteiger partial charge in [0, 0.05) is 25.7 Å². The molecule has 0 unspecified atom stereocenters. The molecule has 7 nitrogen and oxygen atoms in total. The van der Waals surface area contributed by atoms with E-state index < -0.39 is 35.8 Å². The quantitative estimate of drug-likeness (QED) is 0.513. The van der Waals surface area contributed by atoms with Crippen molar-refractivity contribution in [2.45, 2.75) is 44.7 Å². The zero-order chi connectivity index (χ0) is 25.1. The summed E-state index contributed by atoms with van der Waals surface area (Å²) < 4.78 is 64.9. The van der Waals surface area contributed by atoms with Crippen molar-refractivity contribution in [1.82, 2.24) is 19.0 Å². The topological polar surface area (TPSA) is 69.4 Å². The van der Waals surface area contributed by atoms with Crippen molar-refractivity contribution in [2.24, 2.45) is 0 Å².